The number of ether oxygens (including phenoxy) is 1. The number of methoxy groups -OCH3 is 1. The van der Waals surface area contributed by atoms with Gasteiger partial charge in [0.05, 0.1) is 30.8 Å². The number of aryl methyl sites for hydroxylation is 1. The highest BCUT2D eigenvalue weighted by molar-refractivity contribution is 7.90. The molecule has 0 N–H and O–H groups in total. The average molecular weight is 448 g/mol. The van der Waals surface area contributed by atoms with E-state index in [9.17, 15) is 13.2 Å². The van der Waals surface area contributed by atoms with Crippen molar-refractivity contribution in [1.82, 2.24) is 14.5 Å². The molecule has 8 heteroatoms. The first kappa shape index (κ1) is 23.5. The third-order valence-corrected chi connectivity index (χ3v) is 6.95. The summed E-state index contributed by atoms with van der Waals surface area (Å²) in [5.41, 5.74) is 2.52. The lowest BCUT2D eigenvalue weighted by Gasteiger charge is -2.25. The van der Waals surface area contributed by atoms with Gasteiger partial charge in [0.2, 0.25) is 20.9 Å². The Morgan fingerprint density at radius 2 is 1.94 bits per heavy atom. The summed E-state index contributed by atoms with van der Waals surface area (Å²) in [6.45, 7) is 7.83. The Bertz CT molecular complexity index is 992. The van der Waals surface area contributed by atoms with E-state index in [0.717, 1.165) is 24.0 Å². The number of rotatable bonds is 11. The van der Waals surface area contributed by atoms with E-state index in [2.05, 4.69) is 18.8 Å². The number of benzene rings is 1. The molecular formula is C23H33N3O4S. The molecule has 7 nitrogen and oxygen atoms in total. The summed E-state index contributed by atoms with van der Waals surface area (Å²) in [5.74, 6) is 0.465. The molecule has 0 bridgehead atoms. The van der Waals surface area contributed by atoms with Crippen molar-refractivity contribution in [2.24, 2.45) is 11.8 Å². The smallest absolute Gasteiger partial charge is 0.228 e. The largest absolute Gasteiger partial charge is 0.383 e. The molecule has 1 saturated carbocycles. The molecule has 2 aromatic rings. The van der Waals surface area contributed by atoms with Crippen molar-refractivity contribution in [3.05, 3.63) is 47.3 Å². The van der Waals surface area contributed by atoms with E-state index >= 15 is 0 Å². The summed E-state index contributed by atoms with van der Waals surface area (Å²) in [6, 6.07) is 7.46. The average Bonchev–Trinajstić information content (AvgIpc) is 3.47. The number of hydrogen-bond acceptors (Lipinski definition) is 5. The molecule has 1 aliphatic rings. The Hall–Kier alpha value is -2.19. The fourth-order valence-corrected chi connectivity index (χ4v) is 5.13. The minimum absolute atomic E-state index is 0.0310. The quantitative estimate of drug-likeness (QED) is 0.528. The maximum Gasteiger partial charge on any atom is 0.228 e. The van der Waals surface area contributed by atoms with Gasteiger partial charge in [-0.1, -0.05) is 43.7 Å². The van der Waals surface area contributed by atoms with Crippen LogP contribution in [0.3, 0.4) is 0 Å². The van der Waals surface area contributed by atoms with Crippen LogP contribution in [-0.4, -0.2) is 49.0 Å². The molecule has 3 rings (SSSR count). The summed E-state index contributed by atoms with van der Waals surface area (Å²) in [5, 5.41) is 0.0310. The lowest BCUT2D eigenvalue weighted by atomic mass is 10.2. The van der Waals surface area contributed by atoms with Crippen molar-refractivity contribution in [3.63, 3.8) is 0 Å². The number of sulfone groups is 1. The Balaban J connectivity index is 1.89. The molecule has 1 aromatic carbocycles. The molecule has 0 atom stereocenters. The summed E-state index contributed by atoms with van der Waals surface area (Å²) in [4.78, 5) is 18.9. The highest BCUT2D eigenvalue weighted by Gasteiger charge is 2.34. The molecule has 0 aliphatic heterocycles. The first-order valence-corrected chi connectivity index (χ1v) is 12.5. The van der Waals surface area contributed by atoms with E-state index in [1.54, 1.807) is 17.9 Å². The van der Waals surface area contributed by atoms with Crippen LogP contribution in [0.5, 0.6) is 0 Å². The number of carbonyl (C=O) groups is 1. The van der Waals surface area contributed by atoms with Crippen LogP contribution >= 0.6 is 0 Å². The highest BCUT2D eigenvalue weighted by atomic mass is 32.2. The lowest BCUT2D eigenvalue weighted by molar-refractivity contribution is -0.133. The van der Waals surface area contributed by atoms with Crippen LogP contribution in [0.15, 0.2) is 35.6 Å². The van der Waals surface area contributed by atoms with Gasteiger partial charge in [-0.15, -0.1) is 0 Å². The second kappa shape index (κ2) is 9.96. The van der Waals surface area contributed by atoms with Gasteiger partial charge in [-0.2, -0.15) is 0 Å². The molecule has 31 heavy (non-hydrogen) atoms. The predicted molar refractivity (Wildman–Crippen MR) is 119 cm³/mol. The second-order valence-corrected chi connectivity index (χ2v) is 10.7. The fraction of sp³-hybridized carbons (Fsp3) is 0.565. The second-order valence-electron chi connectivity index (χ2n) is 8.81. The van der Waals surface area contributed by atoms with Gasteiger partial charge in [-0.3, -0.25) is 4.79 Å². The van der Waals surface area contributed by atoms with Gasteiger partial charge in [-0.25, -0.2) is 13.4 Å². The van der Waals surface area contributed by atoms with Gasteiger partial charge in [0.25, 0.3) is 0 Å². The summed E-state index contributed by atoms with van der Waals surface area (Å²) >= 11 is 0. The van der Waals surface area contributed by atoms with Crippen molar-refractivity contribution in [2.45, 2.75) is 57.6 Å². The molecule has 1 aliphatic carbocycles. The monoisotopic (exact) mass is 447 g/mol. The van der Waals surface area contributed by atoms with Crippen LogP contribution in [0.1, 0.15) is 43.5 Å². The molecule has 1 fully saturated rings. The zero-order valence-corrected chi connectivity index (χ0v) is 19.7. The predicted octanol–water partition coefficient (Wildman–Crippen LogP) is 3.21. The van der Waals surface area contributed by atoms with Gasteiger partial charge in [-0.05, 0) is 31.2 Å². The Morgan fingerprint density at radius 1 is 1.26 bits per heavy atom. The number of aromatic nitrogens is 2. The minimum Gasteiger partial charge on any atom is -0.383 e. The van der Waals surface area contributed by atoms with Gasteiger partial charge >= 0.3 is 0 Å². The van der Waals surface area contributed by atoms with Gasteiger partial charge in [0.15, 0.2) is 0 Å². The van der Waals surface area contributed by atoms with E-state index < -0.39 is 9.84 Å². The van der Waals surface area contributed by atoms with Crippen LogP contribution in [0, 0.1) is 18.8 Å². The Kier molecular flexibility index (Phi) is 7.54. The van der Waals surface area contributed by atoms with Crippen LogP contribution in [0.2, 0.25) is 0 Å². The Labute approximate surface area is 185 Å². The topological polar surface area (TPSA) is 81.5 Å². The zero-order chi connectivity index (χ0) is 22.6. The maximum absolute atomic E-state index is 13.2. The Morgan fingerprint density at radius 3 is 2.52 bits per heavy atom. The zero-order valence-electron chi connectivity index (χ0n) is 18.9. The molecule has 0 saturated heterocycles. The van der Waals surface area contributed by atoms with Crippen molar-refractivity contribution in [1.29, 1.82) is 0 Å². The molecular weight excluding hydrogens is 414 g/mol. The van der Waals surface area contributed by atoms with Crippen LogP contribution < -0.4 is 0 Å². The first-order valence-electron chi connectivity index (χ1n) is 10.8. The van der Waals surface area contributed by atoms with E-state index in [1.807, 2.05) is 36.1 Å². The maximum atomic E-state index is 13.2. The highest BCUT2D eigenvalue weighted by Crippen LogP contribution is 2.32. The number of hydrogen-bond donors (Lipinski definition) is 0. The summed E-state index contributed by atoms with van der Waals surface area (Å²) in [6.07, 6.45) is 3.46. The minimum atomic E-state index is -3.66. The number of nitrogens with zero attached hydrogens (tertiary/aromatic N) is 3. The van der Waals surface area contributed by atoms with Crippen LogP contribution in [0.25, 0.3) is 0 Å². The van der Waals surface area contributed by atoms with Gasteiger partial charge < -0.3 is 14.2 Å². The molecule has 1 amide bonds. The third-order valence-electron chi connectivity index (χ3n) is 5.35. The summed E-state index contributed by atoms with van der Waals surface area (Å²) < 4.78 is 33.3. The number of carbonyl (C=O) groups excluding carboxylic acids is 1. The molecule has 0 unspecified atom stereocenters. The molecule has 1 aromatic heterocycles. The van der Waals surface area contributed by atoms with Crippen molar-refractivity contribution in [2.75, 3.05) is 20.3 Å². The normalized spacial score (nSPS) is 14.2. The fourth-order valence-electron chi connectivity index (χ4n) is 3.61. The van der Waals surface area contributed by atoms with Gasteiger partial charge in [0, 0.05) is 26.1 Å². The van der Waals surface area contributed by atoms with E-state index in [1.165, 1.54) is 0 Å². The van der Waals surface area contributed by atoms with Crippen LogP contribution in [-0.2, 0) is 38.2 Å². The number of imidazole rings is 1. The first-order chi connectivity index (χ1) is 14.7. The van der Waals surface area contributed by atoms with E-state index in [-0.39, 0.29) is 22.7 Å². The SMILES string of the molecule is COCCn1c(CN(CC(C)C)C(=O)C2CC2)cnc1S(=O)(=O)Cc1ccc(C)cc1. The molecule has 0 spiro atoms. The standard InChI is InChI=1S/C23H33N3O4S/c1-17(2)14-25(22(27)20-9-10-20)15-21-13-24-23(26(21)11-12-30-4)31(28,29)16-19-7-5-18(3)6-8-19/h5-8,13,17,20H,9-12,14-16H2,1-4H3. The van der Waals surface area contributed by atoms with Crippen molar-refractivity contribution >= 4 is 15.7 Å². The van der Waals surface area contributed by atoms with Crippen molar-refractivity contribution in [3.8, 4) is 0 Å². The van der Waals surface area contributed by atoms with Gasteiger partial charge in [0.1, 0.15) is 0 Å². The molecule has 0 radical (unpaired) electrons. The van der Waals surface area contributed by atoms with Crippen LogP contribution in [0.4, 0.5) is 0 Å². The van der Waals surface area contributed by atoms with E-state index in [0.29, 0.717) is 37.9 Å². The number of amides is 1. The molecule has 1 heterocycles. The van der Waals surface area contributed by atoms with E-state index in [4.69, 9.17) is 4.74 Å². The summed E-state index contributed by atoms with van der Waals surface area (Å²) in [7, 11) is -2.07. The molecule has 170 valence electrons. The van der Waals surface area contributed by atoms with Crippen molar-refractivity contribution < 1.29 is 17.9 Å². The third kappa shape index (κ3) is 6.17. The lowest BCUT2D eigenvalue weighted by Crippen LogP contribution is -2.35.